The number of nitrogens with one attached hydrogen (secondary N) is 1. The van der Waals surface area contributed by atoms with Crippen LogP contribution >= 0.6 is 27.5 Å². The molecule has 0 aliphatic rings. The second kappa shape index (κ2) is 7.79. The van der Waals surface area contributed by atoms with Gasteiger partial charge in [0, 0.05) is 23.3 Å². The molecule has 0 fully saturated rings. The first-order valence-corrected chi connectivity index (χ1v) is 8.37. The number of aromatic nitrogens is 1. The zero-order valence-electron chi connectivity index (χ0n) is 13.0. The lowest BCUT2D eigenvalue weighted by Gasteiger charge is -2.24. The number of hydrogen-bond acceptors (Lipinski definition) is 3. The number of carbonyl (C=O) groups is 1. The lowest BCUT2D eigenvalue weighted by Crippen LogP contribution is -2.47. The van der Waals surface area contributed by atoms with Crippen LogP contribution in [-0.2, 0) is 11.2 Å². The van der Waals surface area contributed by atoms with Gasteiger partial charge in [0.1, 0.15) is 0 Å². The van der Waals surface area contributed by atoms with Crippen LogP contribution in [-0.4, -0.2) is 23.0 Å². The van der Waals surface area contributed by atoms with Crippen molar-refractivity contribution >= 4 is 33.4 Å². The van der Waals surface area contributed by atoms with Gasteiger partial charge in [0.05, 0.1) is 5.02 Å². The van der Waals surface area contributed by atoms with E-state index in [0.717, 1.165) is 16.5 Å². The normalized spacial score (nSPS) is 11.1. The van der Waals surface area contributed by atoms with Crippen LogP contribution in [0.1, 0.15) is 19.4 Å². The van der Waals surface area contributed by atoms with Crippen LogP contribution in [0.4, 0.5) is 0 Å². The fourth-order valence-corrected chi connectivity index (χ4v) is 2.51. The van der Waals surface area contributed by atoms with Crippen molar-refractivity contribution in [3.8, 4) is 5.88 Å². The Morgan fingerprint density at radius 2 is 2.13 bits per heavy atom. The molecule has 0 spiro atoms. The molecule has 0 bridgehead atoms. The Kier molecular flexibility index (Phi) is 6.02. The fourth-order valence-electron chi connectivity index (χ4n) is 1.96. The molecule has 1 aromatic heterocycles. The van der Waals surface area contributed by atoms with Crippen molar-refractivity contribution in [2.24, 2.45) is 0 Å². The number of benzene rings is 1. The lowest BCUT2D eigenvalue weighted by molar-refractivity contribution is -0.134. The average molecular weight is 398 g/mol. The molecule has 0 saturated carbocycles. The predicted molar refractivity (Wildman–Crippen MR) is 94.8 cm³/mol. The Hall–Kier alpha value is -1.59. The molecule has 122 valence electrons. The lowest BCUT2D eigenvalue weighted by atomic mass is 10.1. The standard InChI is InChI=1S/C17H18BrClN2O2/c1-17(2,23-15-7-6-14(19)11-21-15)16(22)20-9-8-12-4-3-5-13(18)10-12/h3-7,10-11H,8-9H2,1-2H3,(H,20,22). The number of rotatable bonds is 6. The molecule has 0 unspecified atom stereocenters. The van der Waals surface area contributed by atoms with E-state index in [-0.39, 0.29) is 5.91 Å². The van der Waals surface area contributed by atoms with E-state index in [9.17, 15) is 4.79 Å². The Bertz CT molecular complexity index is 675. The van der Waals surface area contributed by atoms with E-state index in [1.807, 2.05) is 24.3 Å². The summed E-state index contributed by atoms with van der Waals surface area (Å²) < 4.78 is 6.68. The summed E-state index contributed by atoms with van der Waals surface area (Å²) in [6.45, 7) is 3.95. The Morgan fingerprint density at radius 3 is 2.78 bits per heavy atom. The molecule has 0 atom stereocenters. The van der Waals surface area contributed by atoms with Crippen molar-refractivity contribution in [3.63, 3.8) is 0 Å². The van der Waals surface area contributed by atoms with Gasteiger partial charge in [-0.25, -0.2) is 4.98 Å². The van der Waals surface area contributed by atoms with Gasteiger partial charge in [0.15, 0.2) is 5.60 Å². The molecule has 2 aromatic rings. The predicted octanol–water partition coefficient (Wildman–Crippen LogP) is 4.01. The van der Waals surface area contributed by atoms with Gasteiger partial charge in [-0.15, -0.1) is 0 Å². The number of nitrogens with zero attached hydrogens (tertiary/aromatic N) is 1. The summed E-state index contributed by atoms with van der Waals surface area (Å²) in [5.41, 5.74) is 0.135. The highest BCUT2D eigenvalue weighted by atomic mass is 79.9. The summed E-state index contributed by atoms with van der Waals surface area (Å²) in [5.74, 6) is 0.172. The van der Waals surface area contributed by atoms with Crippen LogP contribution in [0.5, 0.6) is 5.88 Å². The maximum absolute atomic E-state index is 12.3. The van der Waals surface area contributed by atoms with Crippen LogP contribution < -0.4 is 10.1 Å². The van der Waals surface area contributed by atoms with Gasteiger partial charge in [-0.05, 0) is 44.0 Å². The minimum Gasteiger partial charge on any atom is -0.462 e. The molecule has 0 saturated heterocycles. The molecule has 0 aliphatic heterocycles. The van der Waals surface area contributed by atoms with E-state index in [1.54, 1.807) is 26.0 Å². The number of pyridine rings is 1. The molecule has 2 rings (SSSR count). The number of amides is 1. The van der Waals surface area contributed by atoms with E-state index in [0.29, 0.717) is 17.4 Å². The highest BCUT2D eigenvalue weighted by molar-refractivity contribution is 9.10. The third kappa shape index (κ3) is 5.52. The molecular formula is C17H18BrClN2O2. The molecule has 1 amide bonds. The fraction of sp³-hybridized carbons (Fsp3) is 0.294. The van der Waals surface area contributed by atoms with Crippen molar-refractivity contribution in [2.45, 2.75) is 25.9 Å². The van der Waals surface area contributed by atoms with Crippen molar-refractivity contribution < 1.29 is 9.53 Å². The zero-order valence-corrected chi connectivity index (χ0v) is 15.3. The van der Waals surface area contributed by atoms with Crippen LogP contribution in [0.25, 0.3) is 0 Å². The summed E-state index contributed by atoms with van der Waals surface area (Å²) in [7, 11) is 0. The molecular weight excluding hydrogens is 380 g/mol. The number of halogens is 2. The number of hydrogen-bond donors (Lipinski definition) is 1. The minimum absolute atomic E-state index is 0.191. The number of carbonyl (C=O) groups excluding carboxylic acids is 1. The van der Waals surface area contributed by atoms with E-state index in [2.05, 4.69) is 26.2 Å². The largest absolute Gasteiger partial charge is 0.462 e. The maximum Gasteiger partial charge on any atom is 0.263 e. The Labute approximate surface area is 149 Å². The summed E-state index contributed by atoms with van der Waals surface area (Å²) in [5, 5.41) is 3.41. The van der Waals surface area contributed by atoms with Crippen LogP contribution in [0.3, 0.4) is 0 Å². The van der Waals surface area contributed by atoms with Gasteiger partial charge >= 0.3 is 0 Å². The first-order valence-electron chi connectivity index (χ1n) is 7.20. The first kappa shape index (κ1) is 17.8. The van der Waals surface area contributed by atoms with E-state index < -0.39 is 5.60 Å². The van der Waals surface area contributed by atoms with Gasteiger partial charge in [0.25, 0.3) is 5.91 Å². The summed E-state index contributed by atoms with van der Waals surface area (Å²) in [4.78, 5) is 16.3. The van der Waals surface area contributed by atoms with Crippen molar-refractivity contribution in [3.05, 3.63) is 57.7 Å². The van der Waals surface area contributed by atoms with Crippen molar-refractivity contribution in [2.75, 3.05) is 6.54 Å². The summed E-state index contributed by atoms with van der Waals surface area (Å²) in [6, 6.07) is 11.3. The Balaban J connectivity index is 1.87. The highest BCUT2D eigenvalue weighted by Crippen LogP contribution is 2.18. The van der Waals surface area contributed by atoms with Gasteiger partial charge in [0.2, 0.25) is 5.88 Å². The molecule has 1 N–H and O–H groups in total. The third-order valence-electron chi connectivity index (χ3n) is 3.20. The molecule has 0 radical (unpaired) electrons. The SMILES string of the molecule is CC(C)(Oc1ccc(Cl)cn1)C(=O)NCCc1cccc(Br)c1. The van der Waals surface area contributed by atoms with Crippen molar-refractivity contribution in [1.29, 1.82) is 0 Å². The monoisotopic (exact) mass is 396 g/mol. The average Bonchev–Trinajstić information content (AvgIpc) is 2.49. The Morgan fingerprint density at radius 1 is 1.35 bits per heavy atom. The van der Waals surface area contributed by atoms with Crippen LogP contribution in [0.15, 0.2) is 47.1 Å². The molecule has 0 aliphatic carbocycles. The summed E-state index contributed by atoms with van der Waals surface area (Å²) >= 11 is 9.22. The van der Waals surface area contributed by atoms with Crippen LogP contribution in [0.2, 0.25) is 5.02 Å². The van der Waals surface area contributed by atoms with E-state index in [4.69, 9.17) is 16.3 Å². The zero-order chi connectivity index (χ0) is 16.9. The van der Waals surface area contributed by atoms with Crippen molar-refractivity contribution in [1.82, 2.24) is 10.3 Å². The van der Waals surface area contributed by atoms with Gasteiger partial charge in [-0.1, -0.05) is 39.7 Å². The van der Waals surface area contributed by atoms with Crippen LogP contribution in [0, 0.1) is 0 Å². The maximum atomic E-state index is 12.3. The van der Waals surface area contributed by atoms with Gasteiger partial charge in [-0.3, -0.25) is 4.79 Å². The minimum atomic E-state index is -1.02. The van der Waals surface area contributed by atoms with Gasteiger partial charge in [-0.2, -0.15) is 0 Å². The molecule has 1 heterocycles. The quantitative estimate of drug-likeness (QED) is 0.801. The molecule has 6 heteroatoms. The number of ether oxygens (including phenoxy) is 1. The highest BCUT2D eigenvalue weighted by Gasteiger charge is 2.30. The molecule has 4 nitrogen and oxygen atoms in total. The first-order chi connectivity index (χ1) is 10.9. The second-order valence-corrected chi connectivity index (χ2v) is 6.91. The third-order valence-corrected chi connectivity index (χ3v) is 3.91. The van der Waals surface area contributed by atoms with E-state index in [1.165, 1.54) is 6.20 Å². The second-order valence-electron chi connectivity index (χ2n) is 5.56. The van der Waals surface area contributed by atoms with E-state index >= 15 is 0 Å². The molecule has 1 aromatic carbocycles. The van der Waals surface area contributed by atoms with Gasteiger partial charge < -0.3 is 10.1 Å². The topological polar surface area (TPSA) is 51.2 Å². The smallest absolute Gasteiger partial charge is 0.263 e. The molecule has 23 heavy (non-hydrogen) atoms. The summed E-state index contributed by atoms with van der Waals surface area (Å²) in [6.07, 6.45) is 2.23.